The number of carbonyl (C=O) groups is 1. The predicted molar refractivity (Wildman–Crippen MR) is 99.7 cm³/mol. The molecule has 0 saturated heterocycles. The zero-order chi connectivity index (χ0) is 19.1. The second-order valence-corrected chi connectivity index (χ2v) is 5.76. The van der Waals surface area contributed by atoms with E-state index < -0.39 is 0 Å². The van der Waals surface area contributed by atoms with Crippen LogP contribution in [0.15, 0.2) is 36.4 Å². The quantitative estimate of drug-likeness (QED) is 0.725. The molecule has 0 atom stereocenters. The molecule has 0 aromatic heterocycles. The Labute approximate surface area is 154 Å². The molecule has 0 aliphatic heterocycles. The molecule has 0 radical (unpaired) electrons. The second kappa shape index (κ2) is 8.99. The molecule has 0 bridgehead atoms. The topological polar surface area (TPSA) is 57.2 Å². The number of benzene rings is 2. The summed E-state index contributed by atoms with van der Waals surface area (Å²) in [6.45, 7) is 2.72. The third-order valence-electron chi connectivity index (χ3n) is 4.10. The summed E-state index contributed by atoms with van der Waals surface area (Å²) in [6.07, 6.45) is 0. The summed E-state index contributed by atoms with van der Waals surface area (Å²) >= 11 is 0. The van der Waals surface area contributed by atoms with Gasteiger partial charge >= 0.3 is 0 Å². The minimum atomic E-state index is -0.125. The van der Waals surface area contributed by atoms with Gasteiger partial charge < -0.3 is 23.8 Å². The van der Waals surface area contributed by atoms with Crippen LogP contribution in [0.3, 0.4) is 0 Å². The number of nitrogens with zero attached hydrogens (tertiary/aromatic N) is 1. The Balaban J connectivity index is 1.98. The Morgan fingerprint density at radius 2 is 1.46 bits per heavy atom. The number of hydrogen-bond acceptors (Lipinski definition) is 5. The zero-order valence-electron chi connectivity index (χ0n) is 15.9. The van der Waals surface area contributed by atoms with E-state index in [1.165, 1.54) is 0 Å². The van der Waals surface area contributed by atoms with E-state index in [1.807, 2.05) is 31.2 Å². The van der Waals surface area contributed by atoms with Crippen LogP contribution in [-0.2, 0) is 0 Å². The number of methoxy groups -OCH3 is 3. The molecule has 0 heterocycles. The van der Waals surface area contributed by atoms with Gasteiger partial charge in [-0.25, -0.2) is 0 Å². The van der Waals surface area contributed by atoms with E-state index in [4.69, 9.17) is 18.9 Å². The first kappa shape index (κ1) is 19.4. The summed E-state index contributed by atoms with van der Waals surface area (Å²) in [7, 11) is 6.49. The van der Waals surface area contributed by atoms with Gasteiger partial charge in [0.1, 0.15) is 29.6 Å². The van der Waals surface area contributed by atoms with Crippen LogP contribution in [0.1, 0.15) is 15.9 Å². The highest BCUT2D eigenvalue weighted by molar-refractivity contribution is 5.95. The summed E-state index contributed by atoms with van der Waals surface area (Å²) < 4.78 is 21.4. The predicted octanol–water partition coefficient (Wildman–Crippen LogP) is 3.17. The normalized spacial score (nSPS) is 10.2. The number of likely N-dealkylation sites (N-methyl/N-ethyl adjacent to an activating group) is 1. The number of ether oxygens (including phenoxy) is 4. The molecular formula is C20H25NO5. The van der Waals surface area contributed by atoms with Crippen molar-refractivity contribution >= 4 is 5.91 Å². The van der Waals surface area contributed by atoms with Gasteiger partial charge in [0.25, 0.3) is 5.91 Å². The second-order valence-electron chi connectivity index (χ2n) is 5.76. The van der Waals surface area contributed by atoms with Crippen LogP contribution in [0.5, 0.6) is 23.0 Å². The van der Waals surface area contributed by atoms with Crippen molar-refractivity contribution in [3.63, 3.8) is 0 Å². The van der Waals surface area contributed by atoms with Gasteiger partial charge in [-0.3, -0.25) is 4.79 Å². The average Bonchev–Trinajstić information content (AvgIpc) is 2.68. The van der Waals surface area contributed by atoms with E-state index in [-0.39, 0.29) is 5.91 Å². The van der Waals surface area contributed by atoms with Crippen LogP contribution in [0, 0.1) is 6.92 Å². The summed E-state index contributed by atoms with van der Waals surface area (Å²) in [6, 6.07) is 10.8. The van der Waals surface area contributed by atoms with Gasteiger partial charge in [-0.15, -0.1) is 0 Å². The highest BCUT2D eigenvalue weighted by Crippen LogP contribution is 2.29. The molecule has 0 unspecified atom stereocenters. The first-order valence-corrected chi connectivity index (χ1v) is 8.25. The van der Waals surface area contributed by atoms with Crippen molar-refractivity contribution in [1.29, 1.82) is 0 Å². The van der Waals surface area contributed by atoms with E-state index in [0.29, 0.717) is 30.2 Å². The SMILES string of the molecule is COc1ccc(OCCN(C)C(=O)c2cc(OC)c(C)c(OC)c2)cc1. The Morgan fingerprint density at radius 1 is 0.923 bits per heavy atom. The molecule has 0 fully saturated rings. The number of carbonyl (C=O) groups excluding carboxylic acids is 1. The molecule has 6 heteroatoms. The monoisotopic (exact) mass is 359 g/mol. The minimum absolute atomic E-state index is 0.125. The first-order valence-electron chi connectivity index (χ1n) is 8.25. The maximum Gasteiger partial charge on any atom is 0.253 e. The standard InChI is InChI=1S/C20H25NO5/c1-14-18(24-4)12-15(13-19(14)25-5)20(22)21(2)10-11-26-17-8-6-16(23-3)7-9-17/h6-9,12-13H,10-11H2,1-5H3. The molecule has 0 saturated carbocycles. The van der Waals surface area contributed by atoms with Crippen molar-refractivity contribution in [1.82, 2.24) is 4.90 Å². The molecule has 26 heavy (non-hydrogen) atoms. The Hall–Kier alpha value is -2.89. The van der Waals surface area contributed by atoms with E-state index in [2.05, 4.69) is 0 Å². The molecular weight excluding hydrogens is 334 g/mol. The van der Waals surface area contributed by atoms with Crippen LogP contribution in [0.2, 0.25) is 0 Å². The van der Waals surface area contributed by atoms with Crippen molar-refractivity contribution in [2.24, 2.45) is 0 Å². The smallest absolute Gasteiger partial charge is 0.253 e. The third kappa shape index (κ3) is 4.59. The maximum absolute atomic E-state index is 12.7. The van der Waals surface area contributed by atoms with Crippen molar-refractivity contribution in [2.75, 3.05) is 41.5 Å². The molecule has 0 aliphatic rings. The van der Waals surface area contributed by atoms with Crippen LogP contribution >= 0.6 is 0 Å². The lowest BCUT2D eigenvalue weighted by molar-refractivity contribution is 0.0773. The fraction of sp³-hybridized carbons (Fsp3) is 0.350. The Morgan fingerprint density at radius 3 is 1.96 bits per heavy atom. The van der Waals surface area contributed by atoms with Gasteiger partial charge in [-0.2, -0.15) is 0 Å². The van der Waals surface area contributed by atoms with Crippen molar-refractivity contribution in [3.05, 3.63) is 47.5 Å². The van der Waals surface area contributed by atoms with Crippen LogP contribution in [-0.4, -0.2) is 52.3 Å². The van der Waals surface area contributed by atoms with Gasteiger partial charge in [0, 0.05) is 18.2 Å². The van der Waals surface area contributed by atoms with E-state index in [1.54, 1.807) is 45.4 Å². The van der Waals surface area contributed by atoms with E-state index in [0.717, 1.165) is 17.1 Å². The van der Waals surface area contributed by atoms with Crippen molar-refractivity contribution in [3.8, 4) is 23.0 Å². The van der Waals surface area contributed by atoms with E-state index >= 15 is 0 Å². The molecule has 2 rings (SSSR count). The van der Waals surface area contributed by atoms with Gasteiger partial charge in [0.15, 0.2) is 0 Å². The van der Waals surface area contributed by atoms with Crippen LogP contribution in [0.25, 0.3) is 0 Å². The molecule has 2 aromatic rings. The van der Waals surface area contributed by atoms with Crippen LogP contribution in [0.4, 0.5) is 0 Å². The maximum atomic E-state index is 12.7. The van der Waals surface area contributed by atoms with Gasteiger partial charge in [-0.05, 0) is 43.3 Å². The molecule has 0 N–H and O–H groups in total. The lowest BCUT2D eigenvalue weighted by Crippen LogP contribution is -2.31. The summed E-state index contributed by atoms with van der Waals surface area (Å²) in [4.78, 5) is 14.3. The van der Waals surface area contributed by atoms with Crippen molar-refractivity contribution < 1.29 is 23.7 Å². The fourth-order valence-corrected chi connectivity index (χ4v) is 2.50. The molecule has 1 amide bonds. The molecule has 140 valence electrons. The van der Waals surface area contributed by atoms with Gasteiger partial charge in [0.2, 0.25) is 0 Å². The highest BCUT2D eigenvalue weighted by atomic mass is 16.5. The molecule has 0 aliphatic carbocycles. The zero-order valence-corrected chi connectivity index (χ0v) is 15.9. The fourth-order valence-electron chi connectivity index (χ4n) is 2.50. The van der Waals surface area contributed by atoms with Crippen molar-refractivity contribution in [2.45, 2.75) is 6.92 Å². The lowest BCUT2D eigenvalue weighted by atomic mass is 10.1. The Kier molecular flexibility index (Phi) is 6.72. The summed E-state index contributed by atoms with van der Waals surface area (Å²) in [5, 5.41) is 0. The first-order chi connectivity index (χ1) is 12.5. The third-order valence-corrected chi connectivity index (χ3v) is 4.10. The number of rotatable bonds is 8. The molecule has 6 nitrogen and oxygen atoms in total. The summed E-state index contributed by atoms with van der Waals surface area (Å²) in [5.74, 6) is 2.61. The number of hydrogen-bond donors (Lipinski definition) is 0. The van der Waals surface area contributed by atoms with E-state index in [9.17, 15) is 4.79 Å². The molecule has 2 aromatic carbocycles. The number of amides is 1. The summed E-state index contributed by atoms with van der Waals surface area (Å²) in [5.41, 5.74) is 1.37. The van der Waals surface area contributed by atoms with Gasteiger partial charge in [-0.1, -0.05) is 0 Å². The van der Waals surface area contributed by atoms with Crippen LogP contribution < -0.4 is 18.9 Å². The molecule has 0 spiro atoms. The lowest BCUT2D eigenvalue weighted by Gasteiger charge is -2.19. The van der Waals surface area contributed by atoms with Gasteiger partial charge in [0.05, 0.1) is 27.9 Å². The average molecular weight is 359 g/mol. The highest BCUT2D eigenvalue weighted by Gasteiger charge is 2.16. The largest absolute Gasteiger partial charge is 0.497 e. The Bertz CT molecular complexity index is 717. The minimum Gasteiger partial charge on any atom is -0.497 e.